The first-order chi connectivity index (χ1) is 8.66. The summed E-state index contributed by atoms with van der Waals surface area (Å²) in [5.74, 6) is 0. The molecule has 100 valence electrons. The molecule has 1 fully saturated rings. The highest BCUT2D eigenvalue weighted by Gasteiger charge is 2.16. The summed E-state index contributed by atoms with van der Waals surface area (Å²) in [6.45, 7) is 4.97. The summed E-state index contributed by atoms with van der Waals surface area (Å²) in [4.78, 5) is 2.33. The molecular formula is C15H24N2O. The Morgan fingerprint density at radius 3 is 2.94 bits per heavy atom. The second-order valence-corrected chi connectivity index (χ2v) is 5.32. The van der Waals surface area contributed by atoms with Crippen LogP contribution in [0.15, 0.2) is 18.2 Å². The maximum atomic E-state index is 5.94. The molecule has 3 heteroatoms. The van der Waals surface area contributed by atoms with Gasteiger partial charge in [0.25, 0.3) is 0 Å². The first kappa shape index (κ1) is 13.4. The molecular weight excluding hydrogens is 224 g/mol. The van der Waals surface area contributed by atoms with Crippen molar-refractivity contribution in [2.24, 2.45) is 0 Å². The third kappa shape index (κ3) is 3.47. The molecule has 2 N–H and O–H groups in total. The van der Waals surface area contributed by atoms with Crippen LogP contribution in [0, 0.1) is 6.92 Å². The van der Waals surface area contributed by atoms with Gasteiger partial charge in [0.05, 0.1) is 6.10 Å². The van der Waals surface area contributed by atoms with Crippen LogP contribution < -0.4 is 5.73 Å². The molecule has 0 saturated carbocycles. The fourth-order valence-electron chi connectivity index (χ4n) is 2.53. The van der Waals surface area contributed by atoms with Crippen molar-refractivity contribution in [1.29, 1.82) is 0 Å². The van der Waals surface area contributed by atoms with E-state index >= 15 is 0 Å². The van der Waals surface area contributed by atoms with E-state index in [0.29, 0.717) is 6.10 Å². The normalized spacial score (nSPS) is 20.3. The number of rotatable bonds is 4. The second kappa shape index (κ2) is 6.21. The molecule has 1 heterocycles. The lowest BCUT2D eigenvalue weighted by molar-refractivity contribution is -0.00261. The molecule has 1 aromatic carbocycles. The minimum absolute atomic E-state index is 0.408. The summed E-state index contributed by atoms with van der Waals surface area (Å²) >= 11 is 0. The van der Waals surface area contributed by atoms with Crippen molar-refractivity contribution in [3.8, 4) is 0 Å². The molecule has 1 aromatic rings. The molecule has 0 radical (unpaired) electrons. The molecule has 1 atom stereocenters. The van der Waals surface area contributed by atoms with Gasteiger partial charge in [-0.05, 0) is 50.4 Å². The SMILES string of the molecule is Cc1c(N)cccc1CN(C)CC1CCCCO1. The van der Waals surface area contributed by atoms with E-state index in [0.717, 1.165) is 25.4 Å². The summed E-state index contributed by atoms with van der Waals surface area (Å²) in [6, 6.07) is 6.15. The van der Waals surface area contributed by atoms with Crippen LogP contribution in [0.5, 0.6) is 0 Å². The lowest BCUT2D eigenvalue weighted by atomic mass is 10.1. The summed E-state index contributed by atoms with van der Waals surface area (Å²) in [6.07, 6.45) is 4.12. The zero-order valence-electron chi connectivity index (χ0n) is 11.5. The molecule has 1 aliphatic heterocycles. The number of likely N-dealkylation sites (N-methyl/N-ethyl adjacent to an activating group) is 1. The van der Waals surface area contributed by atoms with Crippen molar-refractivity contribution in [1.82, 2.24) is 4.90 Å². The molecule has 0 aromatic heterocycles. The van der Waals surface area contributed by atoms with E-state index in [1.54, 1.807) is 0 Å². The molecule has 1 saturated heterocycles. The topological polar surface area (TPSA) is 38.5 Å². The maximum absolute atomic E-state index is 5.94. The van der Waals surface area contributed by atoms with Crippen LogP contribution in [-0.4, -0.2) is 31.2 Å². The fraction of sp³-hybridized carbons (Fsp3) is 0.600. The molecule has 0 aliphatic carbocycles. The van der Waals surface area contributed by atoms with Crippen molar-refractivity contribution in [2.45, 2.75) is 38.8 Å². The average molecular weight is 248 g/mol. The second-order valence-electron chi connectivity index (χ2n) is 5.32. The summed E-state index contributed by atoms with van der Waals surface area (Å²) in [5, 5.41) is 0. The van der Waals surface area contributed by atoms with Gasteiger partial charge in [0.15, 0.2) is 0 Å². The van der Waals surface area contributed by atoms with Gasteiger partial charge in [-0.25, -0.2) is 0 Å². The van der Waals surface area contributed by atoms with Gasteiger partial charge in [-0.15, -0.1) is 0 Å². The summed E-state index contributed by atoms with van der Waals surface area (Å²) in [5.41, 5.74) is 9.34. The Morgan fingerprint density at radius 1 is 1.39 bits per heavy atom. The van der Waals surface area contributed by atoms with E-state index in [9.17, 15) is 0 Å². The van der Waals surface area contributed by atoms with Gasteiger partial charge in [-0.1, -0.05) is 12.1 Å². The lowest BCUT2D eigenvalue weighted by Crippen LogP contribution is -2.33. The zero-order valence-corrected chi connectivity index (χ0v) is 11.5. The number of nitrogens with two attached hydrogens (primary N) is 1. The number of anilines is 1. The van der Waals surface area contributed by atoms with E-state index in [-0.39, 0.29) is 0 Å². The van der Waals surface area contributed by atoms with Gasteiger partial charge in [0.1, 0.15) is 0 Å². The predicted molar refractivity (Wildman–Crippen MR) is 75.5 cm³/mol. The van der Waals surface area contributed by atoms with E-state index in [1.165, 1.54) is 30.4 Å². The Morgan fingerprint density at radius 2 is 2.22 bits per heavy atom. The smallest absolute Gasteiger partial charge is 0.0702 e. The molecule has 18 heavy (non-hydrogen) atoms. The minimum Gasteiger partial charge on any atom is -0.399 e. The highest BCUT2D eigenvalue weighted by atomic mass is 16.5. The zero-order chi connectivity index (χ0) is 13.0. The number of nitrogens with zero attached hydrogens (tertiary/aromatic N) is 1. The Hall–Kier alpha value is -1.06. The van der Waals surface area contributed by atoms with Crippen LogP contribution in [0.4, 0.5) is 5.69 Å². The van der Waals surface area contributed by atoms with Crippen LogP contribution in [0.3, 0.4) is 0 Å². The third-order valence-corrected chi connectivity index (χ3v) is 3.72. The molecule has 1 aliphatic rings. The molecule has 0 spiro atoms. The molecule has 1 unspecified atom stereocenters. The largest absolute Gasteiger partial charge is 0.399 e. The van der Waals surface area contributed by atoms with Crippen molar-refractivity contribution < 1.29 is 4.74 Å². The van der Waals surface area contributed by atoms with Crippen molar-refractivity contribution in [3.05, 3.63) is 29.3 Å². The van der Waals surface area contributed by atoms with E-state index in [1.807, 2.05) is 12.1 Å². The monoisotopic (exact) mass is 248 g/mol. The van der Waals surface area contributed by atoms with Gasteiger partial charge in [-0.3, -0.25) is 4.90 Å². The Bertz CT molecular complexity index is 386. The fourth-order valence-corrected chi connectivity index (χ4v) is 2.53. The highest BCUT2D eigenvalue weighted by Crippen LogP contribution is 2.18. The van der Waals surface area contributed by atoms with Crippen LogP contribution in [0.2, 0.25) is 0 Å². The number of ether oxygens (including phenoxy) is 1. The maximum Gasteiger partial charge on any atom is 0.0702 e. The minimum atomic E-state index is 0.408. The van der Waals surface area contributed by atoms with Crippen LogP contribution in [0.1, 0.15) is 30.4 Å². The molecule has 2 rings (SSSR count). The lowest BCUT2D eigenvalue weighted by Gasteiger charge is -2.27. The first-order valence-electron chi connectivity index (χ1n) is 6.81. The van der Waals surface area contributed by atoms with Gasteiger partial charge >= 0.3 is 0 Å². The summed E-state index contributed by atoms with van der Waals surface area (Å²) in [7, 11) is 2.15. The van der Waals surface area contributed by atoms with E-state index < -0.39 is 0 Å². The van der Waals surface area contributed by atoms with Gasteiger partial charge < -0.3 is 10.5 Å². The van der Waals surface area contributed by atoms with Gasteiger partial charge in [0.2, 0.25) is 0 Å². The number of hydrogen-bond donors (Lipinski definition) is 1. The van der Waals surface area contributed by atoms with Crippen molar-refractivity contribution in [3.63, 3.8) is 0 Å². The Balaban J connectivity index is 1.90. The number of benzene rings is 1. The molecule has 0 bridgehead atoms. The predicted octanol–water partition coefficient (Wildman–Crippen LogP) is 2.58. The Labute approximate surface area is 110 Å². The van der Waals surface area contributed by atoms with Crippen molar-refractivity contribution >= 4 is 5.69 Å². The average Bonchev–Trinajstić information content (AvgIpc) is 2.36. The standard InChI is InChI=1S/C15H24N2O/c1-12-13(6-5-8-15(12)16)10-17(2)11-14-7-3-4-9-18-14/h5-6,8,14H,3-4,7,9-11,16H2,1-2H3. The van der Waals surface area contributed by atoms with Gasteiger partial charge in [-0.2, -0.15) is 0 Å². The summed E-state index contributed by atoms with van der Waals surface area (Å²) < 4.78 is 5.77. The van der Waals surface area contributed by atoms with Crippen molar-refractivity contribution in [2.75, 3.05) is 25.9 Å². The van der Waals surface area contributed by atoms with E-state index in [2.05, 4.69) is 24.9 Å². The van der Waals surface area contributed by atoms with Crippen LogP contribution >= 0.6 is 0 Å². The molecule has 0 amide bonds. The quantitative estimate of drug-likeness (QED) is 0.832. The number of nitrogen functional groups attached to an aromatic ring is 1. The van der Waals surface area contributed by atoms with E-state index in [4.69, 9.17) is 10.5 Å². The molecule has 3 nitrogen and oxygen atoms in total. The third-order valence-electron chi connectivity index (χ3n) is 3.72. The number of hydrogen-bond acceptors (Lipinski definition) is 3. The highest BCUT2D eigenvalue weighted by molar-refractivity contribution is 5.49. The van der Waals surface area contributed by atoms with Crippen LogP contribution in [-0.2, 0) is 11.3 Å². The van der Waals surface area contributed by atoms with Gasteiger partial charge in [0, 0.05) is 25.4 Å². The first-order valence-corrected chi connectivity index (χ1v) is 6.81. The van der Waals surface area contributed by atoms with Crippen LogP contribution in [0.25, 0.3) is 0 Å². The Kier molecular flexibility index (Phi) is 4.61.